The maximum absolute atomic E-state index is 12.8. The Morgan fingerprint density at radius 1 is 1.07 bits per heavy atom. The fourth-order valence-corrected chi connectivity index (χ4v) is 2.23. The van der Waals surface area contributed by atoms with Crippen LogP contribution in [0.5, 0.6) is 5.75 Å². The first-order valence-electron chi connectivity index (χ1n) is 8.76. The van der Waals surface area contributed by atoms with E-state index >= 15 is 0 Å². The summed E-state index contributed by atoms with van der Waals surface area (Å²) in [7, 11) is 0. The molecular formula is C22H22FNO4. The molecule has 0 aliphatic heterocycles. The summed E-state index contributed by atoms with van der Waals surface area (Å²) < 4.78 is 23.1. The van der Waals surface area contributed by atoms with Crippen LogP contribution in [0.2, 0.25) is 0 Å². The Balaban J connectivity index is 1.66. The zero-order valence-electron chi connectivity index (χ0n) is 15.4. The predicted octanol–water partition coefficient (Wildman–Crippen LogP) is 3.31. The molecule has 0 radical (unpaired) electrons. The van der Waals surface area contributed by atoms with Crippen LogP contribution in [0.25, 0.3) is 6.08 Å². The molecule has 0 aliphatic carbocycles. The minimum Gasteiger partial charge on any atom is -0.490 e. The summed E-state index contributed by atoms with van der Waals surface area (Å²) in [6, 6.07) is 13.2. The van der Waals surface area contributed by atoms with Gasteiger partial charge in [-0.05, 0) is 47.9 Å². The first kappa shape index (κ1) is 20.9. The van der Waals surface area contributed by atoms with Crippen LogP contribution in [0, 0.1) is 5.82 Å². The van der Waals surface area contributed by atoms with Crippen LogP contribution in [0.1, 0.15) is 11.1 Å². The second-order valence-electron chi connectivity index (χ2n) is 5.84. The van der Waals surface area contributed by atoms with E-state index in [0.717, 1.165) is 11.1 Å². The van der Waals surface area contributed by atoms with Crippen LogP contribution in [0.4, 0.5) is 4.39 Å². The molecule has 28 heavy (non-hydrogen) atoms. The Bertz CT molecular complexity index is 813. The number of halogens is 1. The summed E-state index contributed by atoms with van der Waals surface area (Å²) >= 11 is 0. The van der Waals surface area contributed by atoms with Crippen LogP contribution in [-0.4, -0.2) is 31.6 Å². The largest absolute Gasteiger partial charge is 0.490 e. The number of benzene rings is 2. The van der Waals surface area contributed by atoms with Crippen molar-refractivity contribution in [1.82, 2.24) is 5.32 Å². The lowest BCUT2D eigenvalue weighted by Gasteiger charge is -2.06. The molecule has 5 nitrogen and oxygen atoms in total. The molecule has 6 heteroatoms. The van der Waals surface area contributed by atoms with Crippen molar-refractivity contribution in [2.45, 2.75) is 6.42 Å². The molecule has 2 aromatic carbocycles. The van der Waals surface area contributed by atoms with Crippen molar-refractivity contribution in [2.75, 3.05) is 19.8 Å². The Labute approximate surface area is 163 Å². The third-order valence-electron chi connectivity index (χ3n) is 3.65. The molecule has 0 spiro atoms. The van der Waals surface area contributed by atoms with E-state index in [1.54, 1.807) is 48.6 Å². The van der Waals surface area contributed by atoms with Gasteiger partial charge in [0.15, 0.2) is 6.61 Å². The summed E-state index contributed by atoms with van der Waals surface area (Å²) in [6.07, 6.45) is 5.06. The van der Waals surface area contributed by atoms with E-state index in [2.05, 4.69) is 11.9 Å². The second kappa shape index (κ2) is 11.3. The number of carbonyl (C=O) groups excluding carboxylic acids is 2. The molecule has 0 bridgehead atoms. The molecule has 0 atom stereocenters. The molecule has 0 saturated heterocycles. The van der Waals surface area contributed by atoms with Crippen molar-refractivity contribution in [3.63, 3.8) is 0 Å². The molecule has 0 aromatic heterocycles. The fraction of sp³-hybridized carbons (Fsp3) is 0.182. The number of nitrogens with one attached hydrogen (secondary N) is 1. The van der Waals surface area contributed by atoms with Gasteiger partial charge in [-0.25, -0.2) is 9.18 Å². The quantitative estimate of drug-likeness (QED) is 0.388. The monoisotopic (exact) mass is 383 g/mol. The Hall–Kier alpha value is -3.41. The minimum absolute atomic E-state index is 0.301. The first-order valence-corrected chi connectivity index (χ1v) is 8.76. The zero-order chi connectivity index (χ0) is 20.2. The van der Waals surface area contributed by atoms with Crippen molar-refractivity contribution in [3.8, 4) is 5.75 Å². The molecule has 0 aliphatic rings. The highest BCUT2D eigenvalue weighted by Crippen LogP contribution is 2.13. The average molecular weight is 383 g/mol. The van der Waals surface area contributed by atoms with Gasteiger partial charge in [0, 0.05) is 12.6 Å². The first-order chi connectivity index (χ1) is 13.6. The molecule has 2 aromatic rings. The molecular weight excluding hydrogens is 361 g/mol. The number of esters is 1. The van der Waals surface area contributed by atoms with Crippen molar-refractivity contribution >= 4 is 18.0 Å². The third kappa shape index (κ3) is 7.86. The summed E-state index contributed by atoms with van der Waals surface area (Å²) in [5.41, 5.74) is 1.70. The highest BCUT2D eigenvalue weighted by molar-refractivity contribution is 5.89. The van der Waals surface area contributed by atoms with Crippen molar-refractivity contribution < 1.29 is 23.5 Å². The number of carbonyl (C=O) groups is 2. The maximum atomic E-state index is 12.8. The average Bonchev–Trinajstić information content (AvgIpc) is 2.71. The van der Waals surface area contributed by atoms with Gasteiger partial charge in [0.2, 0.25) is 0 Å². The smallest absolute Gasteiger partial charge is 0.331 e. The van der Waals surface area contributed by atoms with Gasteiger partial charge in [0.1, 0.15) is 18.2 Å². The van der Waals surface area contributed by atoms with E-state index in [0.29, 0.717) is 25.3 Å². The number of amides is 1. The molecule has 0 heterocycles. The van der Waals surface area contributed by atoms with Gasteiger partial charge in [0.25, 0.3) is 5.91 Å². The van der Waals surface area contributed by atoms with Crippen LogP contribution < -0.4 is 10.1 Å². The van der Waals surface area contributed by atoms with E-state index in [-0.39, 0.29) is 12.4 Å². The molecule has 0 fully saturated rings. The van der Waals surface area contributed by atoms with Gasteiger partial charge >= 0.3 is 5.97 Å². The van der Waals surface area contributed by atoms with Crippen LogP contribution >= 0.6 is 0 Å². The lowest BCUT2D eigenvalue weighted by Crippen LogP contribution is -2.30. The Morgan fingerprint density at radius 2 is 1.79 bits per heavy atom. The molecule has 0 unspecified atom stereocenters. The topological polar surface area (TPSA) is 64.6 Å². The van der Waals surface area contributed by atoms with E-state index in [1.165, 1.54) is 18.2 Å². The SMILES string of the molecule is C=CCOc1ccc(/C=C/C(=O)OCC(=O)NCCc2ccc(F)cc2)cc1. The maximum Gasteiger partial charge on any atom is 0.331 e. The van der Waals surface area contributed by atoms with Gasteiger partial charge in [-0.3, -0.25) is 4.79 Å². The van der Waals surface area contributed by atoms with Gasteiger partial charge in [-0.2, -0.15) is 0 Å². The molecule has 1 N–H and O–H groups in total. The van der Waals surface area contributed by atoms with E-state index in [4.69, 9.17) is 9.47 Å². The van der Waals surface area contributed by atoms with E-state index in [9.17, 15) is 14.0 Å². The van der Waals surface area contributed by atoms with Gasteiger partial charge in [0.05, 0.1) is 0 Å². The Morgan fingerprint density at radius 3 is 2.46 bits per heavy atom. The highest BCUT2D eigenvalue weighted by atomic mass is 19.1. The number of hydrogen-bond donors (Lipinski definition) is 1. The standard InChI is InChI=1S/C22H22FNO4/c1-2-15-27-20-10-5-17(6-11-20)7-12-22(26)28-16-21(25)24-14-13-18-3-8-19(23)9-4-18/h2-12H,1,13-16H2,(H,24,25)/b12-7+. The molecule has 146 valence electrons. The van der Waals surface area contributed by atoms with Gasteiger partial charge in [-0.15, -0.1) is 0 Å². The van der Waals surface area contributed by atoms with E-state index < -0.39 is 11.9 Å². The molecule has 0 saturated carbocycles. The lowest BCUT2D eigenvalue weighted by atomic mass is 10.1. The minimum atomic E-state index is -0.610. The van der Waals surface area contributed by atoms with Crippen molar-refractivity contribution in [1.29, 1.82) is 0 Å². The summed E-state index contributed by atoms with van der Waals surface area (Å²) in [6.45, 7) is 4.01. The number of rotatable bonds is 10. The van der Waals surface area contributed by atoms with E-state index in [1.807, 2.05) is 0 Å². The third-order valence-corrected chi connectivity index (χ3v) is 3.65. The summed E-state index contributed by atoms with van der Waals surface area (Å²) in [4.78, 5) is 23.4. The predicted molar refractivity (Wildman–Crippen MR) is 105 cm³/mol. The fourth-order valence-electron chi connectivity index (χ4n) is 2.23. The van der Waals surface area contributed by atoms with Gasteiger partial charge in [-0.1, -0.05) is 36.9 Å². The Kier molecular flexibility index (Phi) is 8.46. The van der Waals surface area contributed by atoms with Crippen LogP contribution in [-0.2, 0) is 20.7 Å². The van der Waals surface area contributed by atoms with Crippen molar-refractivity contribution in [3.05, 3.63) is 84.2 Å². The number of hydrogen-bond acceptors (Lipinski definition) is 4. The summed E-state index contributed by atoms with van der Waals surface area (Å²) in [5.74, 6) is -0.602. The van der Waals surface area contributed by atoms with Crippen LogP contribution in [0.15, 0.2) is 67.3 Å². The van der Waals surface area contributed by atoms with Crippen LogP contribution in [0.3, 0.4) is 0 Å². The molecule has 1 amide bonds. The zero-order valence-corrected chi connectivity index (χ0v) is 15.4. The van der Waals surface area contributed by atoms with Gasteiger partial charge < -0.3 is 14.8 Å². The highest BCUT2D eigenvalue weighted by Gasteiger charge is 2.05. The van der Waals surface area contributed by atoms with Crippen molar-refractivity contribution in [2.24, 2.45) is 0 Å². The lowest BCUT2D eigenvalue weighted by molar-refractivity contribution is -0.143. The summed E-state index contributed by atoms with van der Waals surface area (Å²) in [5, 5.41) is 2.64. The second-order valence-corrected chi connectivity index (χ2v) is 5.84. The molecule has 2 rings (SSSR count). The normalized spacial score (nSPS) is 10.5. The number of ether oxygens (including phenoxy) is 2.